The van der Waals surface area contributed by atoms with Gasteiger partial charge in [-0.3, -0.25) is 4.79 Å². The van der Waals surface area contributed by atoms with Crippen molar-refractivity contribution in [3.63, 3.8) is 0 Å². The Balaban J connectivity index is 1.63. The van der Waals surface area contributed by atoms with Crippen molar-refractivity contribution in [3.8, 4) is 11.5 Å². The minimum absolute atomic E-state index is 0.0951. The molecule has 0 unspecified atom stereocenters. The molecule has 2 aromatic carbocycles. The van der Waals surface area contributed by atoms with Gasteiger partial charge < -0.3 is 14.8 Å². The van der Waals surface area contributed by atoms with Crippen molar-refractivity contribution in [2.45, 2.75) is 45.3 Å². The molecule has 3 rings (SSSR count). The molecule has 132 valence electrons. The lowest BCUT2D eigenvalue weighted by Crippen LogP contribution is -2.44. The number of benzene rings is 2. The predicted molar refractivity (Wildman–Crippen MR) is 98.1 cm³/mol. The van der Waals surface area contributed by atoms with Crippen molar-refractivity contribution < 1.29 is 14.3 Å². The van der Waals surface area contributed by atoms with E-state index in [1.165, 1.54) is 5.56 Å². The summed E-state index contributed by atoms with van der Waals surface area (Å²) in [6, 6.07) is 15.7. The zero-order chi connectivity index (χ0) is 18.0. The molecular formula is C21H25NO3. The van der Waals surface area contributed by atoms with Crippen LogP contribution in [0, 0.1) is 0 Å². The molecule has 4 heteroatoms. The number of rotatable bonds is 3. The normalized spacial score (nSPS) is 17.7. The fraction of sp³-hybridized carbons (Fsp3) is 0.381. The molecule has 0 radical (unpaired) electrons. The fourth-order valence-electron chi connectivity index (χ4n) is 2.81. The van der Waals surface area contributed by atoms with Crippen LogP contribution in [0.25, 0.3) is 0 Å². The molecule has 25 heavy (non-hydrogen) atoms. The average molecular weight is 339 g/mol. The van der Waals surface area contributed by atoms with Gasteiger partial charge in [-0.15, -0.1) is 0 Å². The molecule has 2 aromatic rings. The van der Waals surface area contributed by atoms with E-state index in [0.717, 1.165) is 5.56 Å². The van der Waals surface area contributed by atoms with Crippen LogP contribution in [0.2, 0.25) is 0 Å². The highest BCUT2D eigenvalue weighted by Crippen LogP contribution is 2.31. The molecular weight excluding hydrogens is 314 g/mol. The second-order valence-corrected chi connectivity index (χ2v) is 7.47. The van der Waals surface area contributed by atoms with E-state index < -0.39 is 6.10 Å². The van der Waals surface area contributed by atoms with Crippen molar-refractivity contribution in [1.82, 2.24) is 5.32 Å². The quantitative estimate of drug-likeness (QED) is 0.919. The van der Waals surface area contributed by atoms with Crippen LogP contribution in [0.3, 0.4) is 0 Å². The van der Waals surface area contributed by atoms with Crippen molar-refractivity contribution in [1.29, 1.82) is 0 Å². The molecule has 1 N–H and O–H groups in total. The number of hydrogen-bond acceptors (Lipinski definition) is 3. The maximum absolute atomic E-state index is 12.5. The molecule has 1 aliphatic rings. The monoisotopic (exact) mass is 339 g/mol. The van der Waals surface area contributed by atoms with Gasteiger partial charge >= 0.3 is 0 Å². The number of ether oxygens (including phenoxy) is 2. The molecule has 1 amide bonds. The molecule has 0 spiro atoms. The highest BCUT2D eigenvalue weighted by molar-refractivity contribution is 5.82. The summed E-state index contributed by atoms with van der Waals surface area (Å²) < 4.78 is 11.4. The number of para-hydroxylation sites is 2. The number of nitrogens with one attached hydrogen (secondary N) is 1. The Hall–Kier alpha value is -2.49. The maximum Gasteiger partial charge on any atom is 0.265 e. The van der Waals surface area contributed by atoms with Gasteiger partial charge in [-0.05, 0) is 35.6 Å². The van der Waals surface area contributed by atoms with Gasteiger partial charge in [-0.2, -0.15) is 0 Å². The van der Waals surface area contributed by atoms with Crippen LogP contribution in [0.1, 0.15) is 44.9 Å². The predicted octanol–water partition coefficient (Wildman–Crippen LogP) is 4.00. The zero-order valence-corrected chi connectivity index (χ0v) is 15.2. The second-order valence-electron chi connectivity index (χ2n) is 7.47. The first-order valence-electron chi connectivity index (χ1n) is 8.64. The SMILES string of the molecule is C[C@@H](NC(=O)[C@H]1COc2ccccc2O1)c1ccc(C(C)(C)C)cc1. The third kappa shape index (κ3) is 3.95. The van der Waals surface area contributed by atoms with Crippen LogP contribution in [-0.2, 0) is 10.2 Å². The molecule has 0 saturated carbocycles. The van der Waals surface area contributed by atoms with Gasteiger partial charge in [0.25, 0.3) is 5.91 Å². The first-order valence-corrected chi connectivity index (χ1v) is 8.64. The molecule has 0 aliphatic carbocycles. The van der Waals surface area contributed by atoms with E-state index in [2.05, 4.69) is 50.4 Å². The van der Waals surface area contributed by atoms with Gasteiger partial charge in [0.1, 0.15) is 6.61 Å². The molecule has 0 aromatic heterocycles. The number of carbonyl (C=O) groups excluding carboxylic acids is 1. The first kappa shape index (κ1) is 17.3. The molecule has 1 heterocycles. The molecule has 0 bridgehead atoms. The Morgan fingerprint density at radius 2 is 1.72 bits per heavy atom. The van der Waals surface area contributed by atoms with Crippen LogP contribution in [0.4, 0.5) is 0 Å². The van der Waals surface area contributed by atoms with Crippen LogP contribution >= 0.6 is 0 Å². The lowest BCUT2D eigenvalue weighted by Gasteiger charge is -2.27. The number of hydrogen-bond donors (Lipinski definition) is 1. The van der Waals surface area contributed by atoms with Gasteiger partial charge in [0.15, 0.2) is 11.5 Å². The Morgan fingerprint density at radius 1 is 1.08 bits per heavy atom. The zero-order valence-electron chi connectivity index (χ0n) is 15.2. The van der Waals surface area contributed by atoms with E-state index in [9.17, 15) is 4.79 Å². The van der Waals surface area contributed by atoms with Gasteiger partial charge in [0, 0.05) is 0 Å². The molecule has 0 fully saturated rings. The highest BCUT2D eigenvalue weighted by atomic mass is 16.6. The molecule has 2 atom stereocenters. The minimum Gasteiger partial charge on any atom is -0.485 e. The lowest BCUT2D eigenvalue weighted by atomic mass is 9.86. The summed E-state index contributed by atoms with van der Waals surface area (Å²) in [6.07, 6.45) is -0.633. The van der Waals surface area contributed by atoms with Crippen LogP contribution in [0.5, 0.6) is 11.5 Å². The Labute approximate surface area is 149 Å². The summed E-state index contributed by atoms with van der Waals surface area (Å²) in [5, 5.41) is 3.01. The fourth-order valence-corrected chi connectivity index (χ4v) is 2.81. The summed E-state index contributed by atoms with van der Waals surface area (Å²) in [4.78, 5) is 12.5. The van der Waals surface area contributed by atoms with E-state index >= 15 is 0 Å². The van der Waals surface area contributed by atoms with Gasteiger partial charge in [0.05, 0.1) is 6.04 Å². The topological polar surface area (TPSA) is 47.6 Å². The second kappa shape index (κ2) is 6.79. The summed E-state index contributed by atoms with van der Waals surface area (Å²) in [7, 11) is 0. The van der Waals surface area contributed by atoms with Gasteiger partial charge in [-0.1, -0.05) is 57.2 Å². The third-order valence-electron chi connectivity index (χ3n) is 4.44. The lowest BCUT2D eigenvalue weighted by molar-refractivity contribution is -0.131. The maximum atomic E-state index is 12.5. The molecule has 0 saturated heterocycles. The van der Waals surface area contributed by atoms with Gasteiger partial charge in [-0.25, -0.2) is 0 Å². The Bertz CT molecular complexity index is 746. The van der Waals surface area contributed by atoms with E-state index in [1.54, 1.807) is 0 Å². The average Bonchev–Trinajstić information content (AvgIpc) is 2.60. The Morgan fingerprint density at radius 3 is 2.36 bits per heavy atom. The van der Waals surface area contributed by atoms with Crippen molar-refractivity contribution in [3.05, 3.63) is 59.7 Å². The van der Waals surface area contributed by atoms with E-state index in [-0.39, 0.29) is 24.0 Å². The summed E-state index contributed by atoms with van der Waals surface area (Å²) >= 11 is 0. The van der Waals surface area contributed by atoms with Crippen molar-refractivity contribution in [2.75, 3.05) is 6.61 Å². The summed E-state index contributed by atoms with van der Waals surface area (Å²) in [5.74, 6) is 1.12. The molecule has 4 nitrogen and oxygen atoms in total. The molecule has 1 aliphatic heterocycles. The van der Waals surface area contributed by atoms with Crippen molar-refractivity contribution in [2.24, 2.45) is 0 Å². The number of fused-ring (bicyclic) bond motifs is 1. The van der Waals surface area contributed by atoms with Crippen LogP contribution in [0.15, 0.2) is 48.5 Å². The highest BCUT2D eigenvalue weighted by Gasteiger charge is 2.28. The first-order chi connectivity index (χ1) is 11.8. The summed E-state index contributed by atoms with van der Waals surface area (Å²) in [5.41, 5.74) is 2.46. The van der Waals surface area contributed by atoms with Crippen LogP contribution in [-0.4, -0.2) is 18.6 Å². The number of carbonyl (C=O) groups is 1. The largest absolute Gasteiger partial charge is 0.485 e. The Kier molecular flexibility index (Phi) is 4.71. The van der Waals surface area contributed by atoms with E-state index in [0.29, 0.717) is 11.5 Å². The van der Waals surface area contributed by atoms with Gasteiger partial charge in [0.2, 0.25) is 6.10 Å². The van der Waals surface area contributed by atoms with E-state index in [1.807, 2.05) is 31.2 Å². The van der Waals surface area contributed by atoms with Crippen LogP contribution < -0.4 is 14.8 Å². The minimum atomic E-state index is -0.633. The smallest absolute Gasteiger partial charge is 0.265 e. The standard InChI is InChI=1S/C21H25NO3/c1-14(15-9-11-16(12-10-15)21(2,3)4)22-20(23)19-13-24-17-7-5-6-8-18(17)25-19/h5-12,14,19H,13H2,1-4H3,(H,22,23)/t14-,19-/m1/s1. The third-order valence-corrected chi connectivity index (χ3v) is 4.44. The number of amides is 1. The van der Waals surface area contributed by atoms with E-state index in [4.69, 9.17) is 9.47 Å². The van der Waals surface area contributed by atoms with Crippen molar-refractivity contribution >= 4 is 5.91 Å². The summed E-state index contributed by atoms with van der Waals surface area (Å²) in [6.45, 7) is 8.75.